The molecular formula is C15H18N2O2. The lowest BCUT2D eigenvalue weighted by Gasteiger charge is -2.15. The predicted octanol–water partition coefficient (Wildman–Crippen LogP) is 1.70. The van der Waals surface area contributed by atoms with Crippen LogP contribution in [0.4, 0.5) is 11.4 Å². The van der Waals surface area contributed by atoms with Crippen molar-refractivity contribution < 1.29 is 10.2 Å². The Balaban J connectivity index is 2.28. The largest absolute Gasteiger partial charge is 0.399 e. The third kappa shape index (κ3) is 3.47. The second-order valence-corrected chi connectivity index (χ2v) is 4.39. The summed E-state index contributed by atoms with van der Waals surface area (Å²) in [7, 11) is 0. The van der Waals surface area contributed by atoms with Gasteiger partial charge in [-0.3, -0.25) is 0 Å². The van der Waals surface area contributed by atoms with Crippen molar-refractivity contribution in [1.82, 2.24) is 0 Å². The minimum absolute atomic E-state index is 0.261. The SMILES string of the molecule is Nc1ccc(NCC(O)CO)c(-c2ccccc2)c1. The number of benzene rings is 2. The van der Waals surface area contributed by atoms with Crippen LogP contribution in [0.3, 0.4) is 0 Å². The van der Waals surface area contributed by atoms with E-state index in [0.29, 0.717) is 12.2 Å². The first-order valence-electron chi connectivity index (χ1n) is 6.18. The van der Waals surface area contributed by atoms with E-state index in [1.807, 2.05) is 42.5 Å². The first kappa shape index (κ1) is 13.4. The molecule has 100 valence electrons. The number of rotatable bonds is 5. The van der Waals surface area contributed by atoms with Gasteiger partial charge in [0.1, 0.15) is 0 Å². The molecule has 0 amide bonds. The van der Waals surface area contributed by atoms with Gasteiger partial charge < -0.3 is 21.3 Å². The lowest BCUT2D eigenvalue weighted by Crippen LogP contribution is -2.23. The maximum absolute atomic E-state index is 9.40. The van der Waals surface area contributed by atoms with Gasteiger partial charge in [-0.2, -0.15) is 0 Å². The summed E-state index contributed by atoms with van der Waals surface area (Å²) in [5.74, 6) is 0. The monoisotopic (exact) mass is 258 g/mol. The van der Waals surface area contributed by atoms with E-state index in [-0.39, 0.29) is 6.61 Å². The molecule has 4 heteroatoms. The summed E-state index contributed by atoms with van der Waals surface area (Å²) in [5.41, 5.74) is 9.43. The summed E-state index contributed by atoms with van der Waals surface area (Å²) in [6.07, 6.45) is -0.777. The van der Waals surface area contributed by atoms with E-state index in [1.165, 1.54) is 0 Å². The molecule has 2 aromatic rings. The Morgan fingerprint density at radius 2 is 1.84 bits per heavy atom. The molecule has 2 aromatic carbocycles. The average Bonchev–Trinajstić information content (AvgIpc) is 2.46. The quantitative estimate of drug-likeness (QED) is 0.616. The van der Waals surface area contributed by atoms with E-state index in [2.05, 4.69) is 5.32 Å². The zero-order valence-electron chi connectivity index (χ0n) is 10.6. The second-order valence-electron chi connectivity index (χ2n) is 4.39. The Hall–Kier alpha value is -2.04. The molecule has 0 heterocycles. The van der Waals surface area contributed by atoms with Crippen molar-refractivity contribution in [2.45, 2.75) is 6.10 Å². The smallest absolute Gasteiger partial charge is 0.0942 e. The van der Waals surface area contributed by atoms with Crippen molar-refractivity contribution >= 4 is 11.4 Å². The van der Waals surface area contributed by atoms with Crippen LogP contribution in [0.1, 0.15) is 0 Å². The van der Waals surface area contributed by atoms with E-state index < -0.39 is 6.10 Å². The Bertz CT molecular complexity index is 529. The van der Waals surface area contributed by atoms with Gasteiger partial charge in [-0.1, -0.05) is 30.3 Å². The highest BCUT2D eigenvalue weighted by Gasteiger charge is 2.07. The van der Waals surface area contributed by atoms with Crippen molar-refractivity contribution in [3.63, 3.8) is 0 Å². The van der Waals surface area contributed by atoms with E-state index in [1.54, 1.807) is 6.07 Å². The molecule has 1 unspecified atom stereocenters. The van der Waals surface area contributed by atoms with Gasteiger partial charge in [-0.25, -0.2) is 0 Å². The molecule has 1 atom stereocenters. The molecule has 5 N–H and O–H groups in total. The molecule has 0 aliphatic heterocycles. The zero-order chi connectivity index (χ0) is 13.7. The summed E-state index contributed by atoms with van der Waals surface area (Å²) in [4.78, 5) is 0. The lowest BCUT2D eigenvalue weighted by atomic mass is 10.0. The summed E-state index contributed by atoms with van der Waals surface area (Å²) in [6, 6.07) is 15.5. The van der Waals surface area contributed by atoms with Crippen molar-refractivity contribution in [2.75, 3.05) is 24.2 Å². The van der Waals surface area contributed by atoms with Crippen molar-refractivity contribution in [3.8, 4) is 11.1 Å². The second kappa shape index (κ2) is 6.22. The Labute approximate surface area is 112 Å². The summed E-state index contributed by atoms with van der Waals surface area (Å²) >= 11 is 0. The van der Waals surface area contributed by atoms with Gasteiger partial charge in [0.25, 0.3) is 0 Å². The van der Waals surface area contributed by atoms with E-state index >= 15 is 0 Å². The number of nitrogen functional groups attached to an aromatic ring is 1. The highest BCUT2D eigenvalue weighted by atomic mass is 16.3. The van der Waals surface area contributed by atoms with Gasteiger partial charge in [0.05, 0.1) is 12.7 Å². The summed E-state index contributed by atoms with van der Waals surface area (Å²) in [5, 5.41) is 21.4. The van der Waals surface area contributed by atoms with Crippen LogP contribution in [-0.2, 0) is 0 Å². The van der Waals surface area contributed by atoms with Crippen LogP contribution in [0, 0.1) is 0 Å². The van der Waals surface area contributed by atoms with Gasteiger partial charge in [0.15, 0.2) is 0 Å². The molecule has 2 rings (SSSR count). The van der Waals surface area contributed by atoms with Gasteiger partial charge >= 0.3 is 0 Å². The number of nitrogens with two attached hydrogens (primary N) is 1. The minimum atomic E-state index is -0.777. The third-order valence-electron chi connectivity index (χ3n) is 2.87. The van der Waals surface area contributed by atoms with Gasteiger partial charge in [0, 0.05) is 23.5 Å². The maximum atomic E-state index is 9.40. The van der Waals surface area contributed by atoms with E-state index in [9.17, 15) is 5.11 Å². The molecule has 0 aliphatic rings. The number of hydrogen-bond donors (Lipinski definition) is 4. The normalized spacial score (nSPS) is 12.1. The van der Waals surface area contributed by atoms with Gasteiger partial charge in [-0.15, -0.1) is 0 Å². The van der Waals surface area contributed by atoms with Crippen LogP contribution >= 0.6 is 0 Å². The van der Waals surface area contributed by atoms with Crippen LogP contribution in [-0.4, -0.2) is 29.5 Å². The van der Waals surface area contributed by atoms with E-state index in [0.717, 1.165) is 16.8 Å². The highest BCUT2D eigenvalue weighted by molar-refractivity contribution is 5.80. The van der Waals surface area contributed by atoms with Gasteiger partial charge in [0.2, 0.25) is 0 Å². The Morgan fingerprint density at radius 3 is 2.53 bits per heavy atom. The topological polar surface area (TPSA) is 78.5 Å². The van der Waals surface area contributed by atoms with Crippen molar-refractivity contribution in [2.24, 2.45) is 0 Å². The number of hydrogen-bond acceptors (Lipinski definition) is 4. The molecule has 0 saturated carbocycles. The molecule has 19 heavy (non-hydrogen) atoms. The molecule has 0 saturated heterocycles. The van der Waals surface area contributed by atoms with Crippen LogP contribution in [0.2, 0.25) is 0 Å². The van der Waals surface area contributed by atoms with Crippen LogP contribution in [0.15, 0.2) is 48.5 Å². The van der Waals surface area contributed by atoms with Crippen molar-refractivity contribution in [1.29, 1.82) is 0 Å². The predicted molar refractivity (Wildman–Crippen MR) is 77.9 cm³/mol. The number of anilines is 2. The standard InChI is InChI=1S/C15H18N2O2/c16-12-6-7-15(17-9-13(19)10-18)14(8-12)11-4-2-1-3-5-11/h1-8,13,17-19H,9-10,16H2. The fourth-order valence-corrected chi connectivity index (χ4v) is 1.86. The first-order valence-corrected chi connectivity index (χ1v) is 6.18. The average molecular weight is 258 g/mol. The molecule has 0 fully saturated rings. The molecule has 0 spiro atoms. The van der Waals surface area contributed by atoms with Crippen LogP contribution < -0.4 is 11.1 Å². The molecule has 4 nitrogen and oxygen atoms in total. The Kier molecular flexibility index (Phi) is 4.39. The molecule has 0 bridgehead atoms. The molecule has 0 aromatic heterocycles. The molecular weight excluding hydrogens is 240 g/mol. The number of nitrogens with one attached hydrogen (secondary N) is 1. The van der Waals surface area contributed by atoms with Crippen LogP contribution in [0.25, 0.3) is 11.1 Å². The third-order valence-corrected chi connectivity index (χ3v) is 2.87. The number of aliphatic hydroxyl groups is 2. The first-order chi connectivity index (χ1) is 9.20. The molecule has 0 aliphatic carbocycles. The van der Waals surface area contributed by atoms with E-state index in [4.69, 9.17) is 10.8 Å². The fraction of sp³-hybridized carbons (Fsp3) is 0.200. The Morgan fingerprint density at radius 1 is 1.11 bits per heavy atom. The fourth-order valence-electron chi connectivity index (χ4n) is 1.86. The minimum Gasteiger partial charge on any atom is -0.399 e. The zero-order valence-corrected chi connectivity index (χ0v) is 10.6. The summed E-state index contributed by atoms with van der Waals surface area (Å²) < 4.78 is 0. The summed E-state index contributed by atoms with van der Waals surface area (Å²) in [6.45, 7) is 0.0306. The van der Waals surface area contributed by atoms with Gasteiger partial charge in [-0.05, 0) is 23.8 Å². The van der Waals surface area contributed by atoms with Crippen LogP contribution in [0.5, 0.6) is 0 Å². The number of aliphatic hydroxyl groups excluding tert-OH is 2. The lowest BCUT2D eigenvalue weighted by molar-refractivity contribution is 0.105. The molecule has 0 radical (unpaired) electrons. The van der Waals surface area contributed by atoms with Crippen molar-refractivity contribution in [3.05, 3.63) is 48.5 Å². The maximum Gasteiger partial charge on any atom is 0.0942 e. The highest BCUT2D eigenvalue weighted by Crippen LogP contribution is 2.29.